The van der Waals surface area contributed by atoms with E-state index in [1.807, 2.05) is 6.07 Å². The van der Waals surface area contributed by atoms with Gasteiger partial charge in [-0.2, -0.15) is 0 Å². The third-order valence-corrected chi connectivity index (χ3v) is 7.74. The maximum Gasteiger partial charge on any atom is 0.304 e. The highest BCUT2D eigenvalue weighted by atomic mass is 19.1. The van der Waals surface area contributed by atoms with Crippen molar-refractivity contribution < 1.29 is 19.0 Å². The van der Waals surface area contributed by atoms with E-state index in [2.05, 4.69) is 22.3 Å². The van der Waals surface area contributed by atoms with Crippen molar-refractivity contribution in [1.82, 2.24) is 9.88 Å². The Hall–Kier alpha value is -2.51. The molecule has 2 atom stereocenters. The predicted octanol–water partition coefficient (Wildman–Crippen LogP) is 5.13. The van der Waals surface area contributed by atoms with Crippen LogP contribution in [0, 0.1) is 5.82 Å². The fourth-order valence-electron chi connectivity index (χ4n) is 5.60. The third kappa shape index (κ3) is 6.83. The number of hydrogen-bond acceptors (Lipinski definition) is 5. The zero-order chi connectivity index (χ0) is 24.9. The van der Waals surface area contributed by atoms with E-state index in [-0.39, 0.29) is 24.3 Å². The summed E-state index contributed by atoms with van der Waals surface area (Å²) in [5.74, 6) is -0.0149. The number of ether oxygens (including phenoxy) is 1. The number of carboxylic acids is 1. The number of fused-ring (bicyclic) bond motifs is 1. The quantitative estimate of drug-likeness (QED) is 0.450. The van der Waals surface area contributed by atoms with Crippen molar-refractivity contribution in [3.63, 3.8) is 0 Å². The van der Waals surface area contributed by atoms with Crippen LogP contribution in [0.3, 0.4) is 0 Å². The van der Waals surface area contributed by atoms with Crippen molar-refractivity contribution in [2.45, 2.75) is 75.7 Å². The summed E-state index contributed by atoms with van der Waals surface area (Å²) in [5.41, 5.74) is 4.21. The number of nitrogens with one attached hydrogen (secondary N) is 1. The molecule has 3 aliphatic rings. The lowest BCUT2D eigenvalue weighted by atomic mass is 9.93. The Morgan fingerprint density at radius 3 is 2.94 bits per heavy atom. The fourth-order valence-corrected chi connectivity index (χ4v) is 5.60. The van der Waals surface area contributed by atoms with Gasteiger partial charge in [0.1, 0.15) is 11.6 Å². The van der Waals surface area contributed by atoms with Gasteiger partial charge in [0, 0.05) is 24.7 Å². The molecule has 0 amide bonds. The smallest absolute Gasteiger partial charge is 0.304 e. The molecule has 1 saturated carbocycles. The van der Waals surface area contributed by atoms with Crippen LogP contribution in [-0.4, -0.2) is 59.8 Å². The summed E-state index contributed by atoms with van der Waals surface area (Å²) in [6.07, 6.45) is 8.54. The van der Waals surface area contributed by atoms with Crippen molar-refractivity contribution in [3.05, 3.63) is 58.5 Å². The van der Waals surface area contributed by atoms with Crippen LogP contribution in [0.2, 0.25) is 0 Å². The lowest BCUT2D eigenvalue weighted by Gasteiger charge is -2.33. The number of piperidine rings is 1. The Balaban J connectivity index is 1.12. The highest BCUT2D eigenvalue weighted by Gasteiger charge is 2.27. The first-order valence-electron chi connectivity index (χ1n) is 13.6. The number of nitrogens with zero attached hydrogens (tertiary/aromatic N) is 2. The molecule has 2 N–H and O–H groups in total. The Morgan fingerprint density at radius 1 is 1.22 bits per heavy atom. The largest absolute Gasteiger partial charge is 0.481 e. The molecule has 2 aliphatic heterocycles. The summed E-state index contributed by atoms with van der Waals surface area (Å²) >= 11 is 0. The number of carboxylic acid groups (broad SMARTS) is 1. The van der Waals surface area contributed by atoms with Gasteiger partial charge in [-0.05, 0) is 105 Å². The molecule has 0 spiro atoms. The van der Waals surface area contributed by atoms with Gasteiger partial charge in [0.05, 0.1) is 19.1 Å². The molecule has 6 nitrogen and oxygen atoms in total. The van der Waals surface area contributed by atoms with Crippen molar-refractivity contribution in [1.29, 1.82) is 0 Å². The fraction of sp³-hybridized carbons (Fsp3) is 0.586. The molecule has 194 valence electrons. The number of rotatable bonds is 11. The number of pyridine rings is 1. The lowest BCUT2D eigenvalue weighted by molar-refractivity contribution is -0.138. The van der Waals surface area contributed by atoms with E-state index in [9.17, 15) is 14.3 Å². The minimum absolute atomic E-state index is 0.0490. The van der Waals surface area contributed by atoms with Gasteiger partial charge in [-0.1, -0.05) is 12.1 Å². The van der Waals surface area contributed by atoms with Crippen LogP contribution in [0.1, 0.15) is 79.2 Å². The molecule has 0 unspecified atom stereocenters. The van der Waals surface area contributed by atoms with Crippen molar-refractivity contribution in [2.24, 2.45) is 0 Å². The first kappa shape index (κ1) is 25.2. The molecule has 1 saturated heterocycles. The van der Waals surface area contributed by atoms with E-state index < -0.39 is 5.97 Å². The van der Waals surface area contributed by atoms with E-state index >= 15 is 0 Å². The van der Waals surface area contributed by atoms with Gasteiger partial charge >= 0.3 is 5.97 Å². The van der Waals surface area contributed by atoms with Crippen molar-refractivity contribution >= 4 is 11.8 Å². The zero-order valence-corrected chi connectivity index (χ0v) is 21.1. The minimum atomic E-state index is -0.878. The van der Waals surface area contributed by atoms with Gasteiger partial charge < -0.3 is 20.1 Å². The molecule has 5 rings (SSSR count). The van der Waals surface area contributed by atoms with Gasteiger partial charge in [-0.3, -0.25) is 4.79 Å². The molecular weight excluding hydrogens is 457 g/mol. The number of hydrogen-bond donors (Lipinski definition) is 2. The summed E-state index contributed by atoms with van der Waals surface area (Å²) in [6, 6.07) is 9.45. The Bertz CT molecular complexity index is 1060. The average Bonchev–Trinajstić information content (AvgIpc) is 3.72. The molecule has 0 radical (unpaired) electrons. The number of likely N-dealkylation sites (tertiary alicyclic amines) is 1. The molecule has 2 fully saturated rings. The number of aliphatic carboxylic acids is 1. The summed E-state index contributed by atoms with van der Waals surface area (Å²) in [6.45, 7) is 4.23. The Morgan fingerprint density at radius 2 is 2.11 bits per heavy atom. The molecule has 1 aromatic heterocycles. The van der Waals surface area contributed by atoms with E-state index in [0.717, 1.165) is 93.8 Å². The topological polar surface area (TPSA) is 74.7 Å². The Kier molecular flexibility index (Phi) is 8.17. The lowest BCUT2D eigenvalue weighted by Crippen LogP contribution is -2.40. The number of carbonyl (C=O) groups is 1. The molecule has 7 heteroatoms. The van der Waals surface area contributed by atoms with E-state index in [0.29, 0.717) is 12.5 Å². The third-order valence-electron chi connectivity index (χ3n) is 7.74. The SMILES string of the molecule is O=C(O)C[C@H](CO[C@@H]1CCCN(CCCc2ccc3c(n2)NCCC3)C1)c1cc(F)cc(C2CC2)c1. The van der Waals surface area contributed by atoms with Crippen LogP contribution in [0.15, 0.2) is 30.3 Å². The zero-order valence-electron chi connectivity index (χ0n) is 21.1. The molecular formula is C29H38FN3O3. The summed E-state index contributed by atoms with van der Waals surface area (Å²) in [4.78, 5) is 18.8. The van der Waals surface area contributed by atoms with Gasteiger partial charge in [0.15, 0.2) is 0 Å². The molecule has 2 aromatic rings. The number of benzene rings is 1. The number of aromatic nitrogens is 1. The summed E-state index contributed by atoms with van der Waals surface area (Å²) in [7, 11) is 0. The predicted molar refractivity (Wildman–Crippen MR) is 138 cm³/mol. The summed E-state index contributed by atoms with van der Waals surface area (Å²) < 4.78 is 20.5. The molecule has 1 aliphatic carbocycles. The first-order chi connectivity index (χ1) is 17.5. The average molecular weight is 496 g/mol. The maximum absolute atomic E-state index is 14.3. The second-order valence-electron chi connectivity index (χ2n) is 10.7. The normalized spacial score (nSPS) is 21.0. The Labute approximate surface area is 213 Å². The van der Waals surface area contributed by atoms with Crippen molar-refractivity contribution in [3.8, 4) is 0 Å². The second-order valence-corrected chi connectivity index (χ2v) is 10.7. The van der Waals surface area contributed by atoms with Gasteiger partial charge in [0.2, 0.25) is 0 Å². The standard InChI is InChI=1S/C29H38FN3O3/c30-25-15-22(20-7-8-20)14-23(16-25)24(17-28(34)35)19-36-27-6-3-13-33(18-27)12-2-5-26-10-9-21-4-1-11-31-29(21)32-26/h9-10,14-16,20,24,27H,1-8,11-13,17-19H2,(H,31,32)(H,34,35)/t24-,27-/m1/s1. The molecule has 1 aromatic carbocycles. The minimum Gasteiger partial charge on any atom is -0.481 e. The highest BCUT2D eigenvalue weighted by Crippen LogP contribution is 2.41. The first-order valence-corrected chi connectivity index (χ1v) is 13.6. The van der Waals surface area contributed by atoms with Gasteiger partial charge in [-0.15, -0.1) is 0 Å². The van der Waals surface area contributed by atoms with E-state index in [1.54, 1.807) is 6.07 Å². The number of halogens is 1. The number of aryl methyl sites for hydroxylation is 2. The second kappa shape index (κ2) is 11.7. The summed E-state index contributed by atoms with van der Waals surface area (Å²) in [5, 5.41) is 12.9. The highest BCUT2D eigenvalue weighted by molar-refractivity contribution is 5.68. The van der Waals surface area contributed by atoms with Gasteiger partial charge in [0.25, 0.3) is 0 Å². The molecule has 3 heterocycles. The van der Waals surface area contributed by atoms with Crippen LogP contribution in [0.4, 0.5) is 10.2 Å². The maximum atomic E-state index is 14.3. The van der Waals surface area contributed by atoms with E-state index in [4.69, 9.17) is 9.72 Å². The monoisotopic (exact) mass is 495 g/mol. The van der Waals surface area contributed by atoms with Crippen LogP contribution in [-0.2, 0) is 22.4 Å². The van der Waals surface area contributed by atoms with Crippen LogP contribution in [0.5, 0.6) is 0 Å². The van der Waals surface area contributed by atoms with E-state index in [1.165, 1.54) is 18.1 Å². The molecule has 0 bridgehead atoms. The molecule has 36 heavy (non-hydrogen) atoms. The number of anilines is 1. The van der Waals surface area contributed by atoms with Crippen LogP contribution in [0.25, 0.3) is 0 Å². The van der Waals surface area contributed by atoms with Gasteiger partial charge in [-0.25, -0.2) is 9.37 Å². The van der Waals surface area contributed by atoms with Crippen LogP contribution >= 0.6 is 0 Å². The van der Waals surface area contributed by atoms with Crippen molar-refractivity contribution in [2.75, 3.05) is 38.1 Å². The van der Waals surface area contributed by atoms with Crippen LogP contribution < -0.4 is 5.32 Å².